The van der Waals surface area contributed by atoms with Crippen molar-refractivity contribution in [3.63, 3.8) is 0 Å². The Bertz CT molecular complexity index is 1070. The lowest BCUT2D eigenvalue weighted by molar-refractivity contribution is -0.117. The van der Waals surface area contributed by atoms with Crippen LogP contribution in [0.3, 0.4) is 0 Å². The zero-order valence-electron chi connectivity index (χ0n) is 19.2. The van der Waals surface area contributed by atoms with Crippen molar-refractivity contribution in [3.05, 3.63) is 71.5 Å². The third-order valence-corrected chi connectivity index (χ3v) is 7.09. The van der Waals surface area contributed by atoms with Gasteiger partial charge in [0, 0.05) is 12.2 Å². The molecule has 1 amide bonds. The van der Waals surface area contributed by atoms with Crippen LogP contribution in [0.4, 0.5) is 5.69 Å². The molecular formula is C25H31N5OS. The number of carbonyl (C=O) groups excluding carboxylic acids is 1. The van der Waals surface area contributed by atoms with Crippen molar-refractivity contribution in [2.24, 2.45) is 0 Å². The summed E-state index contributed by atoms with van der Waals surface area (Å²) in [5.74, 6) is 1.06. The largest absolute Gasteiger partial charge is 0.311 e. The smallest absolute Gasteiger partial charge is 0.240 e. The second-order valence-electron chi connectivity index (χ2n) is 8.43. The molecule has 0 unspecified atom stereocenters. The van der Waals surface area contributed by atoms with Crippen LogP contribution < -0.4 is 4.90 Å². The molecule has 1 aliphatic rings. The summed E-state index contributed by atoms with van der Waals surface area (Å²) in [6.45, 7) is 5.56. The first-order chi connectivity index (χ1) is 15.5. The van der Waals surface area contributed by atoms with Crippen molar-refractivity contribution in [1.29, 1.82) is 0 Å². The van der Waals surface area contributed by atoms with E-state index in [1.165, 1.54) is 22.9 Å². The number of anilines is 1. The molecule has 0 saturated carbocycles. The Kier molecular flexibility index (Phi) is 6.96. The van der Waals surface area contributed by atoms with Gasteiger partial charge >= 0.3 is 0 Å². The molecule has 3 aromatic rings. The number of aromatic nitrogens is 3. The molecule has 2 atom stereocenters. The fourth-order valence-electron chi connectivity index (χ4n) is 4.32. The van der Waals surface area contributed by atoms with E-state index in [9.17, 15) is 4.79 Å². The molecule has 4 rings (SSSR count). The molecule has 168 valence electrons. The van der Waals surface area contributed by atoms with Gasteiger partial charge in [-0.25, -0.2) is 0 Å². The summed E-state index contributed by atoms with van der Waals surface area (Å²) in [7, 11) is 4.14. The van der Waals surface area contributed by atoms with Crippen molar-refractivity contribution in [1.82, 2.24) is 19.7 Å². The highest BCUT2D eigenvalue weighted by molar-refractivity contribution is 8.00. The normalized spacial score (nSPS) is 15.1. The number of amides is 1. The van der Waals surface area contributed by atoms with Crippen molar-refractivity contribution in [2.75, 3.05) is 25.5 Å². The fourth-order valence-corrected chi connectivity index (χ4v) is 5.24. The summed E-state index contributed by atoms with van der Waals surface area (Å²) in [5, 5.41) is 9.64. The van der Waals surface area contributed by atoms with Gasteiger partial charge in [-0.2, -0.15) is 0 Å². The number of fused-ring (bicyclic) bond motifs is 1. The Morgan fingerprint density at radius 2 is 1.81 bits per heavy atom. The molecule has 7 heteroatoms. The molecule has 1 aromatic heterocycles. The number of hydrogen-bond donors (Lipinski definition) is 0. The predicted molar refractivity (Wildman–Crippen MR) is 130 cm³/mol. The Morgan fingerprint density at radius 1 is 1.09 bits per heavy atom. The van der Waals surface area contributed by atoms with Gasteiger partial charge in [0.1, 0.15) is 0 Å². The third kappa shape index (κ3) is 4.59. The molecule has 0 spiro atoms. The lowest BCUT2D eigenvalue weighted by Gasteiger charge is -2.24. The van der Waals surface area contributed by atoms with Crippen molar-refractivity contribution in [3.8, 4) is 0 Å². The van der Waals surface area contributed by atoms with Crippen LogP contribution in [0.2, 0.25) is 0 Å². The summed E-state index contributed by atoms with van der Waals surface area (Å²) < 4.78 is 2.18. The number of benzene rings is 2. The number of hydrogen-bond acceptors (Lipinski definition) is 5. The van der Waals surface area contributed by atoms with Crippen molar-refractivity contribution >= 4 is 23.4 Å². The summed E-state index contributed by atoms with van der Waals surface area (Å²) >= 11 is 1.50. The van der Waals surface area contributed by atoms with E-state index in [0.717, 1.165) is 36.1 Å². The second kappa shape index (κ2) is 9.88. The minimum Gasteiger partial charge on any atom is -0.311 e. The first kappa shape index (κ1) is 22.6. The van der Waals surface area contributed by atoms with Gasteiger partial charge in [-0.05, 0) is 51.1 Å². The maximum atomic E-state index is 13.3. The van der Waals surface area contributed by atoms with Gasteiger partial charge in [0.15, 0.2) is 11.0 Å². The maximum absolute atomic E-state index is 13.3. The standard InChI is InChI=1S/C25H31N5OS/c1-5-21(28(3)4)23-26-27-25(30(23)17-19-11-7-6-8-12-19)32-18(2)24(31)29-16-15-20-13-9-10-14-22(20)29/h6-14,18,21H,5,15-17H2,1-4H3/t18-,21-/m0/s1. The molecule has 32 heavy (non-hydrogen) atoms. The van der Waals surface area contributed by atoms with E-state index in [4.69, 9.17) is 0 Å². The number of para-hydroxylation sites is 1. The molecule has 0 fully saturated rings. The van der Waals surface area contributed by atoms with E-state index >= 15 is 0 Å². The Morgan fingerprint density at radius 3 is 2.53 bits per heavy atom. The van der Waals surface area contributed by atoms with Gasteiger partial charge in [0.05, 0.1) is 17.8 Å². The van der Waals surface area contributed by atoms with Crippen LogP contribution >= 0.6 is 11.8 Å². The number of thioether (sulfide) groups is 1. The van der Waals surface area contributed by atoms with Crippen molar-refractivity contribution in [2.45, 2.75) is 49.7 Å². The molecule has 0 bridgehead atoms. The first-order valence-corrected chi connectivity index (χ1v) is 12.1. The van der Waals surface area contributed by atoms with Crippen LogP contribution in [0.15, 0.2) is 59.8 Å². The van der Waals surface area contributed by atoms with Gasteiger partial charge < -0.3 is 9.47 Å². The first-order valence-electron chi connectivity index (χ1n) is 11.2. The topological polar surface area (TPSA) is 54.3 Å². The number of nitrogens with zero attached hydrogens (tertiary/aromatic N) is 5. The minimum atomic E-state index is -0.257. The van der Waals surface area contributed by atoms with Gasteiger partial charge in [-0.1, -0.05) is 67.2 Å². The van der Waals surface area contributed by atoms with Gasteiger partial charge in [-0.3, -0.25) is 9.69 Å². The molecular weight excluding hydrogens is 418 g/mol. The quantitative estimate of drug-likeness (QED) is 0.477. The van der Waals surface area contributed by atoms with E-state index < -0.39 is 0 Å². The third-order valence-electron chi connectivity index (χ3n) is 6.02. The average molecular weight is 450 g/mol. The van der Waals surface area contributed by atoms with Crippen LogP contribution in [-0.4, -0.2) is 51.5 Å². The van der Waals surface area contributed by atoms with E-state index in [-0.39, 0.29) is 17.2 Å². The molecule has 0 N–H and O–H groups in total. The second-order valence-corrected chi connectivity index (χ2v) is 9.74. The minimum absolute atomic E-state index is 0.121. The van der Waals surface area contributed by atoms with E-state index in [2.05, 4.69) is 58.9 Å². The molecule has 0 radical (unpaired) electrons. The zero-order valence-corrected chi connectivity index (χ0v) is 20.0. The molecule has 2 heterocycles. The molecule has 6 nitrogen and oxygen atoms in total. The van der Waals surface area contributed by atoms with Gasteiger partial charge in [0.25, 0.3) is 0 Å². The summed E-state index contributed by atoms with van der Waals surface area (Å²) in [5.41, 5.74) is 3.47. The molecule has 0 saturated heterocycles. The lowest BCUT2D eigenvalue weighted by Crippen LogP contribution is -2.35. The summed E-state index contributed by atoms with van der Waals surface area (Å²) in [6.07, 6.45) is 1.85. The SMILES string of the molecule is CC[C@@H](c1nnc(S[C@@H](C)C(=O)N2CCc3ccccc32)n1Cc1ccccc1)N(C)C. The monoisotopic (exact) mass is 449 g/mol. The number of carbonyl (C=O) groups is 1. The van der Waals surface area contributed by atoms with E-state index in [1.807, 2.05) is 48.2 Å². The Balaban J connectivity index is 1.60. The van der Waals surface area contributed by atoms with Gasteiger partial charge in [0.2, 0.25) is 5.91 Å². The van der Waals surface area contributed by atoms with Crippen LogP contribution in [0.5, 0.6) is 0 Å². The van der Waals surface area contributed by atoms with Crippen LogP contribution in [-0.2, 0) is 17.8 Å². The Labute approximate surface area is 194 Å². The average Bonchev–Trinajstić information content (AvgIpc) is 3.39. The van der Waals surface area contributed by atoms with Crippen LogP contribution in [0.25, 0.3) is 0 Å². The van der Waals surface area contributed by atoms with E-state index in [1.54, 1.807) is 0 Å². The fraction of sp³-hybridized carbons (Fsp3) is 0.400. The highest BCUT2D eigenvalue weighted by atomic mass is 32.2. The zero-order chi connectivity index (χ0) is 22.7. The number of rotatable bonds is 8. The van der Waals surface area contributed by atoms with Crippen LogP contribution in [0.1, 0.15) is 43.3 Å². The predicted octanol–water partition coefficient (Wildman–Crippen LogP) is 4.41. The Hall–Kier alpha value is -2.64. The molecule has 0 aliphatic carbocycles. The molecule has 2 aromatic carbocycles. The maximum Gasteiger partial charge on any atom is 0.240 e. The lowest BCUT2D eigenvalue weighted by atomic mass is 10.2. The highest BCUT2D eigenvalue weighted by Gasteiger charge is 2.30. The van der Waals surface area contributed by atoms with E-state index in [0.29, 0.717) is 6.54 Å². The summed E-state index contributed by atoms with van der Waals surface area (Å²) in [6, 6.07) is 18.7. The van der Waals surface area contributed by atoms with Gasteiger partial charge in [-0.15, -0.1) is 10.2 Å². The summed E-state index contributed by atoms with van der Waals surface area (Å²) in [4.78, 5) is 17.4. The highest BCUT2D eigenvalue weighted by Crippen LogP contribution is 2.32. The molecule has 1 aliphatic heterocycles. The van der Waals surface area contributed by atoms with Crippen LogP contribution in [0, 0.1) is 0 Å². The van der Waals surface area contributed by atoms with Crippen molar-refractivity contribution < 1.29 is 4.79 Å².